The van der Waals surface area contributed by atoms with Gasteiger partial charge >= 0.3 is 0 Å². The van der Waals surface area contributed by atoms with E-state index in [1.807, 2.05) is 50.2 Å². The minimum atomic E-state index is -0.301. The van der Waals surface area contributed by atoms with E-state index in [4.69, 9.17) is 4.74 Å². The molecule has 3 rings (SSSR count). The summed E-state index contributed by atoms with van der Waals surface area (Å²) in [6.45, 7) is 7.01. The number of likely N-dealkylation sites (N-methyl/N-ethyl adjacent to an activating group) is 1. The number of carbonyl (C=O) groups is 2. The van der Waals surface area contributed by atoms with Crippen molar-refractivity contribution in [3.05, 3.63) is 54.1 Å². The highest BCUT2D eigenvalue weighted by molar-refractivity contribution is 5.99. The summed E-state index contributed by atoms with van der Waals surface area (Å²) in [4.78, 5) is 26.0. The van der Waals surface area contributed by atoms with Crippen LogP contribution in [0.15, 0.2) is 53.6 Å². The molecule has 9 nitrogen and oxygen atoms in total. The smallest absolute Gasteiger partial charge is 0.261 e. The van der Waals surface area contributed by atoms with Crippen LogP contribution in [0.4, 0.5) is 0 Å². The van der Waals surface area contributed by atoms with Crippen LogP contribution >= 0.6 is 0 Å². The fraction of sp³-hybridized carbons (Fsp3) is 0.318. The Morgan fingerprint density at radius 3 is 2.52 bits per heavy atom. The highest BCUT2D eigenvalue weighted by Crippen LogP contribution is 2.13. The summed E-state index contributed by atoms with van der Waals surface area (Å²) in [6.07, 6.45) is 0. The van der Waals surface area contributed by atoms with Crippen LogP contribution < -0.4 is 10.2 Å². The summed E-state index contributed by atoms with van der Waals surface area (Å²) in [6, 6.07) is 14.6. The molecular weight excluding hydrogens is 396 g/mol. The molecule has 2 aromatic carbocycles. The summed E-state index contributed by atoms with van der Waals surface area (Å²) >= 11 is 0. The summed E-state index contributed by atoms with van der Waals surface area (Å²) in [7, 11) is 0. The Hall–Kier alpha value is -3.75. The number of nitrogens with one attached hydrogen (secondary N) is 1. The molecule has 0 fully saturated rings. The van der Waals surface area contributed by atoms with E-state index in [9.17, 15) is 9.59 Å². The Kier molecular flexibility index (Phi) is 7.31. The number of carbonyl (C=O) groups excluding carboxylic acids is 2. The highest BCUT2D eigenvalue weighted by Gasteiger charge is 2.11. The SMILES string of the molecule is CCN(CC)C(=O)COc1ccc(/C(C)=N\NC(=O)Cn2nnc3ccccc32)cc1. The lowest BCUT2D eigenvalue weighted by Crippen LogP contribution is -2.34. The Bertz CT molecular complexity index is 1070. The minimum Gasteiger partial charge on any atom is -0.484 e. The van der Waals surface area contributed by atoms with E-state index in [0.29, 0.717) is 24.6 Å². The molecule has 0 aliphatic heterocycles. The molecular formula is C22H26N6O3. The lowest BCUT2D eigenvalue weighted by Gasteiger charge is -2.18. The Labute approximate surface area is 180 Å². The Morgan fingerprint density at radius 1 is 1.10 bits per heavy atom. The quantitative estimate of drug-likeness (QED) is 0.421. The van der Waals surface area contributed by atoms with Crippen molar-refractivity contribution in [1.29, 1.82) is 0 Å². The molecule has 31 heavy (non-hydrogen) atoms. The molecule has 0 saturated heterocycles. The molecule has 0 unspecified atom stereocenters. The fourth-order valence-electron chi connectivity index (χ4n) is 3.02. The molecule has 0 bridgehead atoms. The van der Waals surface area contributed by atoms with E-state index in [-0.39, 0.29) is 25.0 Å². The topological polar surface area (TPSA) is 102 Å². The molecule has 0 spiro atoms. The first kappa shape index (κ1) is 21.9. The summed E-state index contributed by atoms with van der Waals surface area (Å²) < 4.78 is 7.09. The normalized spacial score (nSPS) is 11.4. The number of para-hydroxylation sites is 1. The molecule has 162 valence electrons. The van der Waals surface area contributed by atoms with Gasteiger partial charge < -0.3 is 9.64 Å². The molecule has 9 heteroatoms. The van der Waals surface area contributed by atoms with Crippen LogP contribution in [0, 0.1) is 0 Å². The Balaban J connectivity index is 1.54. The second-order valence-corrected chi connectivity index (χ2v) is 6.85. The van der Waals surface area contributed by atoms with Gasteiger partial charge in [-0.3, -0.25) is 9.59 Å². The van der Waals surface area contributed by atoms with Gasteiger partial charge in [-0.15, -0.1) is 5.10 Å². The zero-order valence-electron chi connectivity index (χ0n) is 17.9. The molecule has 2 amide bonds. The monoisotopic (exact) mass is 422 g/mol. The van der Waals surface area contributed by atoms with Crippen molar-refractivity contribution in [2.75, 3.05) is 19.7 Å². The first-order valence-electron chi connectivity index (χ1n) is 10.1. The van der Waals surface area contributed by atoms with Crippen LogP contribution in [0.25, 0.3) is 11.0 Å². The maximum Gasteiger partial charge on any atom is 0.261 e. The average molecular weight is 422 g/mol. The third kappa shape index (κ3) is 5.65. The van der Waals surface area contributed by atoms with Crippen molar-refractivity contribution in [3.63, 3.8) is 0 Å². The van der Waals surface area contributed by atoms with Crippen LogP contribution in [-0.2, 0) is 16.1 Å². The van der Waals surface area contributed by atoms with Crippen molar-refractivity contribution in [2.45, 2.75) is 27.3 Å². The van der Waals surface area contributed by atoms with E-state index in [1.165, 1.54) is 4.68 Å². The lowest BCUT2D eigenvalue weighted by molar-refractivity contribution is -0.133. The molecule has 0 saturated carbocycles. The first-order chi connectivity index (χ1) is 15.0. The summed E-state index contributed by atoms with van der Waals surface area (Å²) in [5.74, 6) is 0.249. The van der Waals surface area contributed by atoms with E-state index in [0.717, 1.165) is 16.6 Å². The lowest BCUT2D eigenvalue weighted by atomic mass is 10.1. The zero-order valence-corrected chi connectivity index (χ0v) is 17.9. The fourth-order valence-corrected chi connectivity index (χ4v) is 3.02. The largest absolute Gasteiger partial charge is 0.484 e. The molecule has 1 heterocycles. The van der Waals surface area contributed by atoms with Crippen molar-refractivity contribution in [3.8, 4) is 5.75 Å². The summed E-state index contributed by atoms with van der Waals surface area (Å²) in [5.41, 5.74) is 5.53. The van der Waals surface area contributed by atoms with Crippen LogP contribution in [0.5, 0.6) is 5.75 Å². The molecule has 1 aromatic heterocycles. The minimum absolute atomic E-state index is 0.00111. The third-order valence-corrected chi connectivity index (χ3v) is 4.81. The maximum absolute atomic E-state index is 12.2. The van der Waals surface area contributed by atoms with Gasteiger partial charge in [0.2, 0.25) is 0 Å². The molecule has 0 aliphatic rings. The predicted octanol–water partition coefficient (Wildman–Crippen LogP) is 2.22. The van der Waals surface area contributed by atoms with Gasteiger partial charge in [0.15, 0.2) is 6.61 Å². The van der Waals surface area contributed by atoms with Gasteiger partial charge in [-0.2, -0.15) is 5.10 Å². The number of hydrazone groups is 1. The van der Waals surface area contributed by atoms with Crippen molar-refractivity contribution in [2.24, 2.45) is 5.10 Å². The third-order valence-electron chi connectivity index (χ3n) is 4.81. The zero-order chi connectivity index (χ0) is 22.2. The number of rotatable bonds is 9. The van der Waals surface area contributed by atoms with Gasteiger partial charge in [0, 0.05) is 13.1 Å². The molecule has 1 N–H and O–H groups in total. The van der Waals surface area contributed by atoms with Gasteiger partial charge in [0.1, 0.15) is 17.8 Å². The van der Waals surface area contributed by atoms with Crippen molar-refractivity contribution < 1.29 is 14.3 Å². The van der Waals surface area contributed by atoms with Gasteiger partial charge in [-0.25, -0.2) is 10.1 Å². The van der Waals surface area contributed by atoms with Crippen LogP contribution in [0.1, 0.15) is 26.3 Å². The van der Waals surface area contributed by atoms with Gasteiger partial charge in [-0.05, 0) is 62.7 Å². The highest BCUT2D eigenvalue weighted by atomic mass is 16.5. The Morgan fingerprint density at radius 2 is 1.81 bits per heavy atom. The average Bonchev–Trinajstić information content (AvgIpc) is 3.20. The van der Waals surface area contributed by atoms with Gasteiger partial charge in [0.05, 0.1) is 11.2 Å². The van der Waals surface area contributed by atoms with Crippen molar-refractivity contribution >= 4 is 28.6 Å². The molecule has 0 atom stereocenters. The van der Waals surface area contributed by atoms with Crippen LogP contribution in [0.2, 0.25) is 0 Å². The number of hydrogen-bond acceptors (Lipinski definition) is 6. The number of hydrogen-bond donors (Lipinski definition) is 1. The van der Waals surface area contributed by atoms with E-state index < -0.39 is 0 Å². The number of amides is 2. The maximum atomic E-state index is 12.2. The number of aromatic nitrogens is 3. The molecule has 0 radical (unpaired) electrons. The first-order valence-corrected chi connectivity index (χ1v) is 10.1. The van der Waals surface area contributed by atoms with E-state index >= 15 is 0 Å². The van der Waals surface area contributed by atoms with E-state index in [1.54, 1.807) is 24.0 Å². The van der Waals surface area contributed by atoms with Gasteiger partial charge in [-0.1, -0.05) is 17.3 Å². The number of nitrogens with zero attached hydrogens (tertiary/aromatic N) is 5. The van der Waals surface area contributed by atoms with Crippen molar-refractivity contribution in [1.82, 2.24) is 25.3 Å². The summed E-state index contributed by atoms with van der Waals surface area (Å²) in [5, 5.41) is 12.2. The number of fused-ring (bicyclic) bond motifs is 1. The van der Waals surface area contributed by atoms with Gasteiger partial charge in [0.25, 0.3) is 11.8 Å². The van der Waals surface area contributed by atoms with Crippen LogP contribution in [-0.4, -0.2) is 57.1 Å². The molecule has 0 aliphatic carbocycles. The predicted molar refractivity (Wildman–Crippen MR) is 118 cm³/mol. The second kappa shape index (κ2) is 10.3. The number of benzene rings is 2. The number of ether oxygens (including phenoxy) is 1. The van der Waals surface area contributed by atoms with Crippen LogP contribution in [0.3, 0.4) is 0 Å². The molecule has 3 aromatic rings. The second-order valence-electron chi connectivity index (χ2n) is 6.85. The van der Waals surface area contributed by atoms with E-state index in [2.05, 4.69) is 20.8 Å². The standard InChI is InChI=1S/C22H26N6O3/c1-4-27(5-2)22(30)15-31-18-12-10-17(11-13-18)16(3)23-25-21(29)14-28-20-9-7-6-8-19(20)24-26-28/h6-13H,4-5,14-15H2,1-3H3,(H,25,29)/b23-16-.